The predicted octanol–water partition coefficient (Wildman–Crippen LogP) is 2.97. The van der Waals surface area contributed by atoms with Gasteiger partial charge in [0.1, 0.15) is 0 Å². The number of ether oxygens (including phenoxy) is 1. The minimum absolute atomic E-state index is 0.0291. The van der Waals surface area contributed by atoms with Crippen molar-refractivity contribution in [3.05, 3.63) is 28.8 Å². The van der Waals surface area contributed by atoms with Gasteiger partial charge in [-0.05, 0) is 39.0 Å². The molecule has 3 N–H and O–H groups in total. The lowest BCUT2D eigenvalue weighted by molar-refractivity contribution is -0.00663. The number of urea groups is 1. The fraction of sp³-hybridized carbons (Fsp3) is 0.429. The maximum atomic E-state index is 11.8. The minimum atomic E-state index is -1.14. The van der Waals surface area contributed by atoms with E-state index in [4.69, 9.17) is 21.4 Å². The number of aromatic carboxylic acids is 1. The average molecular weight is 315 g/mol. The Kier molecular flexibility index (Phi) is 5.99. The third-order valence-corrected chi connectivity index (χ3v) is 2.91. The van der Waals surface area contributed by atoms with Crippen LogP contribution < -0.4 is 10.6 Å². The van der Waals surface area contributed by atoms with Crippen LogP contribution in [-0.4, -0.2) is 35.9 Å². The van der Waals surface area contributed by atoms with Crippen molar-refractivity contribution in [1.29, 1.82) is 0 Å². The number of halogens is 1. The lowest BCUT2D eigenvalue weighted by Gasteiger charge is -2.25. The molecule has 6 nitrogen and oxygen atoms in total. The normalized spacial score (nSPS) is 11.0. The molecule has 0 saturated carbocycles. The van der Waals surface area contributed by atoms with Crippen molar-refractivity contribution < 1.29 is 19.4 Å². The molecule has 7 heteroatoms. The van der Waals surface area contributed by atoms with Gasteiger partial charge in [0.05, 0.1) is 16.9 Å². The third-order valence-electron chi connectivity index (χ3n) is 2.67. The van der Waals surface area contributed by atoms with Crippen molar-refractivity contribution in [3.8, 4) is 0 Å². The van der Waals surface area contributed by atoms with Gasteiger partial charge in [0, 0.05) is 18.2 Å². The number of anilines is 1. The molecule has 21 heavy (non-hydrogen) atoms. The van der Waals surface area contributed by atoms with E-state index in [1.54, 1.807) is 0 Å². The van der Waals surface area contributed by atoms with E-state index >= 15 is 0 Å². The Bertz CT molecular complexity index is 532. The Labute approximate surface area is 128 Å². The van der Waals surface area contributed by atoms with E-state index in [0.29, 0.717) is 11.6 Å². The maximum Gasteiger partial charge on any atom is 0.337 e. The second-order valence-electron chi connectivity index (χ2n) is 5.00. The van der Waals surface area contributed by atoms with Crippen LogP contribution in [-0.2, 0) is 4.74 Å². The number of nitrogens with one attached hydrogen (secondary N) is 2. The lowest BCUT2D eigenvalue weighted by atomic mass is 10.1. The van der Waals surface area contributed by atoms with Crippen molar-refractivity contribution in [1.82, 2.24) is 5.32 Å². The topological polar surface area (TPSA) is 87.7 Å². The first-order chi connectivity index (χ1) is 9.75. The molecule has 0 atom stereocenters. The Morgan fingerprint density at radius 3 is 2.62 bits per heavy atom. The van der Waals surface area contributed by atoms with Crippen molar-refractivity contribution in [2.24, 2.45) is 0 Å². The van der Waals surface area contributed by atoms with E-state index in [1.165, 1.54) is 18.2 Å². The summed E-state index contributed by atoms with van der Waals surface area (Å²) in [6, 6.07) is 3.65. The fourth-order valence-corrected chi connectivity index (χ4v) is 1.88. The van der Waals surface area contributed by atoms with Gasteiger partial charge in [0.15, 0.2) is 0 Å². The van der Waals surface area contributed by atoms with Gasteiger partial charge in [-0.25, -0.2) is 9.59 Å². The van der Waals surface area contributed by atoms with Crippen LogP contribution in [0.15, 0.2) is 18.2 Å². The first-order valence-electron chi connectivity index (χ1n) is 6.47. The van der Waals surface area contributed by atoms with Crippen LogP contribution in [0.4, 0.5) is 10.5 Å². The highest BCUT2D eigenvalue weighted by molar-refractivity contribution is 6.31. The molecule has 0 radical (unpaired) electrons. The molecule has 1 aromatic carbocycles. The van der Waals surface area contributed by atoms with Gasteiger partial charge in [-0.2, -0.15) is 0 Å². The molecular weight excluding hydrogens is 296 g/mol. The molecule has 0 aromatic heterocycles. The Morgan fingerprint density at radius 2 is 2.05 bits per heavy atom. The van der Waals surface area contributed by atoms with E-state index in [0.717, 1.165) is 0 Å². The second-order valence-corrected chi connectivity index (χ2v) is 5.43. The van der Waals surface area contributed by atoms with Gasteiger partial charge in [-0.1, -0.05) is 11.6 Å². The lowest BCUT2D eigenvalue weighted by Crippen LogP contribution is -2.42. The molecule has 1 aromatic rings. The number of carbonyl (C=O) groups is 2. The molecular formula is C14H19ClN2O4. The SMILES string of the molecule is CCOC(C)(C)CNC(=O)Nc1cc(Cl)ccc1C(=O)O. The van der Waals surface area contributed by atoms with Crippen LogP contribution in [0.2, 0.25) is 5.02 Å². The highest BCUT2D eigenvalue weighted by Gasteiger charge is 2.19. The molecule has 0 aliphatic rings. The molecule has 116 valence electrons. The number of carbonyl (C=O) groups excluding carboxylic acids is 1. The van der Waals surface area contributed by atoms with E-state index in [9.17, 15) is 9.59 Å². The smallest absolute Gasteiger partial charge is 0.337 e. The Hall–Kier alpha value is -1.79. The van der Waals surface area contributed by atoms with Crippen molar-refractivity contribution in [3.63, 3.8) is 0 Å². The highest BCUT2D eigenvalue weighted by atomic mass is 35.5. The number of carboxylic acids is 1. The summed E-state index contributed by atoms with van der Waals surface area (Å²) in [6.07, 6.45) is 0. The summed E-state index contributed by atoms with van der Waals surface area (Å²) in [5, 5.41) is 14.5. The largest absolute Gasteiger partial charge is 0.478 e. The molecule has 0 fully saturated rings. The number of amides is 2. The van der Waals surface area contributed by atoms with Crippen LogP contribution in [0.5, 0.6) is 0 Å². The zero-order valence-corrected chi connectivity index (χ0v) is 13.0. The van der Waals surface area contributed by atoms with E-state index in [-0.39, 0.29) is 17.8 Å². The van der Waals surface area contributed by atoms with Crippen molar-refractivity contribution >= 4 is 29.3 Å². The zero-order chi connectivity index (χ0) is 16.0. The third kappa shape index (κ3) is 5.61. The van der Waals surface area contributed by atoms with E-state index < -0.39 is 17.6 Å². The number of hydrogen-bond acceptors (Lipinski definition) is 3. The van der Waals surface area contributed by atoms with Crippen molar-refractivity contribution in [2.45, 2.75) is 26.4 Å². The molecule has 0 heterocycles. The standard InChI is InChI=1S/C14H19ClN2O4/c1-4-21-14(2,3)8-16-13(20)17-11-7-9(15)5-6-10(11)12(18)19/h5-7H,4,8H2,1-3H3,(H,18,19)(H2,16,17,20). The second kappa shape index (κ2) is 7.28. The van der Waals surface area contributed by atoms with Gasteiger partial charge in [-0.3, -0.25) is 0 Å². The molecule has 2 amide bonds. The first-order valence-corrected chi connectivity index (χ1v) is 6.84. The van der Waals surface area contributed by atoms with Crippen LogP contribution in [0.3, 0.4) is 0 Å². The number of rotatable bonds is 6. The molecule has 0 spiro atoms. The molecule has 0 unspecified atom stereocenters. The molecule has 0 aliphatic heterocycles. The summed E-state index contributed by atoms with van der Waals surface area (Å²) in [4.78, 5) is 22.9. The number of carboxylic acid groups (broad SMARTS) is 1. The van der Waals surface area contributed by atoms with Crippen LogP contribution in [0.1, 0.15) is 31.1 Å². The Morgan fingerprint density at radius 1 is 1.38 bits per heavy atom. The molecule has 1 rings (SSSR count). The molecule has 0 saturated heterocycles. The summed E-state index contributed by atoms with van der Waals surface area (Å²) in [7, 11) is 0. The zero-order valence-electron chi connectivity index (χ0n) is 12.2. The Balaban J connectivity index is 2.71. The predicted molar refractivity (Wildman–Crippen MR) is 81.1 cm³/mol. The summed E-state index contributed by atoms with van der Waals surface area (Å²) >= 11 is 5.81. The summed E-state index contributed by atoms with van der Waals surface area (Å²) in [6.45, 7) is 6.38. The maximum absolute atomic E-state index is 11.8. The number of hydrogen-bond donors (Lipinski definition) is 3. The van der Waals surface area contributed by atoms with Crippen LogP contribution in [0, 0.1) is 0 Å². The monoisotopic (exact) mass is 314 g/mol. The first kappa shape index (κ1) is 17.3. The minimum Gasteiger partial charge on any atom is -0.478 e. The van der Waals surface area contributed by atoms with Gasteiger partial charge in [-0.15, -0.1) is 0 Å². The fourth-order valence-electron chi connectivity index (χ4n) is 1.71. The van der Waals surface area contributed by atoms with E-state index in [2.05, 4.69) is 10.6 Å². The van der Waals surface area contributed by atoms with Gasteiger partial charge in [0.2, 0.25) is 0 Å². The van der Waals surface area contributed by atoms with Crippen LogP contribution >= 0.6 is 11.6 Å². The number of benzene rings is 1. The van der Waals surface area contributed by atoms with Gasteiger partial charge in [0.25, 0.3) is 0 Å². The average Bonchev–Trinajstić information content (AvgIpc) is 2.36. The van der Waals surface area contributed by atoms with Gasteiger partial charge >= 0.3 is 12.0 Å². The summed E-state index contributed by atoms with van der Waals surface area (Å²) < 4.78 is 5.45. The molecule has 0 aliphatic carbocycles. The van der Waals surface area contributed by atoms with Crippen LogP contribution in [0.25, 0.3) is 0 Å². The summed E-state index contributed by atoms with van der Waals surface area (Å²) in [5.74, 6) is -1.14. The quantitative estimate of drug-likeness (QED) is 0.753. The summed E-state index contributed by atoms with van der Waals surface area (Å²) in [5.41, 5.74) is -0.392. The van der Waals surface area contributed by atoms with Gasteiger partial charge < -0.3 is 20.5 Å². The van der Waals surface area contributed by atoms with E-state index in [1.807, 2.05) is 20.8 Å². The molecule has 0 bridgehead atoms. The highest BCUT2D eigenvalue weighted by Crippen LogP contribution is 2.21. The van der Waals surface area contributed by atoms with Crippen molar-refractivity contribution in [2.75, 3.05) is 18.5 Å².